The third-order valence-electron chi connectivity index (χ3n) is 3.76. The van der Waals surface area contributed by atoms with Gasteiger partial charge in [-0.2, -0.15) is 0 Å². The number of hydrogen-bond donors (Lipinski definition) is 2. The number of nitrogens with one attached hydrogen (secondary N) is 2. The van der Waals surface area contributed by atoms with E-state index in [0.29, 0.717) is 26.2 Å². The zero-order valence-corrected chi connectivity index (χ0v) is 13.1. The standard InChI is InChI=1S/C16H23N3O3/c1-3-17-15(20)10-13-16(21)18-8-9-19(13)11-12-6-4-5-7-14(12)22-2/h4-7,13H,3,8-11H2,1-2H3,(H,17,20)(H,18,21)/t13-/m1/s1. The number of rotatable bonds is 6. The number of ether oxygens (including phenoxy) is 1. The van der Waals surface area contributed by atoms with Crippen molar-refractivity contribution in [1.82, 2.24) is 15.5 Å². The molecule has 2 N–H and O–H groups in total. The third kappa shape index (κ3) is 3.98. The van der Waals surface area contributed by atoms with E-state index in [2.05, 4.69) is 10.6 Å². The highest BCUT2D eigenvalue weighted by atomic mass is 16.5. The molecule has 1 heterocycles. The normalized spacial score (nSPS) is 18.6. The zero-order chi connectivity index (χ0) is 15.9. The van der Waals surface area contributed by atoms with Crippen molar-refractivity contribution in [2.45, 2.75) is 25.9 Å². The summed E-state index contributed by atoms with van der Waals surface area (Å²) in [7, 11) is 1.63. The highest BCUT2D eigenvalue weighted by Gasteiger charge is 2.31. The lowest BCUT2D eigenvalue weighted by molar-refractivity contribution is -0.134. The fourth-order valence-electron chi connectivity index (χ4n) is 2.67. The lowest BCUT2D eigenvalue weighted by Crippen LogP contribution is -2.56. The van der Waals surface area contributed by atoms with E-state index in [9.17, 15) is 9.59 Å². The Bertz CT molecular complexity index is 533. The van der Waals surface area contributed by atoms with Crippen LogP contribution in [-0.2, 0) is 16.1 Å². The Hall–Kier alpha value is -2.08. The fraction of sp³-hybridized carbons (Fsp3) is 0.500. The van der Waals surface area contributed by atoms with Crippen molar-refractivity contribution in [2.75, 3.05) is 26.7 Å². The maximum Gasteiger partial charge on any atom is 0.237 e. The molecule has 1 aromatic rings. The molecule has 0 radical (unpaired) electrons. The Balaban J connectivity index is 2.11. The molecule has 120 valence electrons. The number of methoxy groups -OCH3 is 1. The number of amides is 2. The van der Waals surface area contributed by atoms with E-state index in [1.54, 1.807) is 7.11 Å². The van der Waals surface area contributed by atoms with Crippen LogP contribution in [0.5, 0.6) is 5.75 Å². The second kappa shape index (κ2) is 7.79. The van der Waals surface area contributed by atoms with Crippen molar-refractivity contribution in [3.05, 3.63) is 29.8 Å². The SMILES string of the molecule is CCNC(=O)C[C@@H]1C(=O)NCCN1Cc1ccccc1OC. The first-order valence-corrected chi connectivity index (χ1v) is 7.56. The zero-order valence-electron chi connectivity index (χ0n) is 13.1. The summed E-state index contributed by atoms with van der Waals surface area (Å²) in [6.07, 6.45) is 0.175. The van der Waals surface area contributed by atoms with E-state index < -0.39 is 6.04 Å². The van der Waals surface area contributed by atoms with E-state index in [4.69, 9.17) is 4.74 Å². The molecular weight excluding hydrogens is 282 g/mol. The van der Waals surface area contributed by atoms with Gasteiger partial charge in [0.1, 0.15) is 5.75 Å². The van der Waals surface area contributed by atoms with Gasteiger partial charge in [-0.15, -0.1) is 0 Å². The predicted octanol–water partition coefficient (Wildman–Crippen LogP) is 0.522. The molecule has 1 aliphatic rings. The van der Waals surface area contributed by atoms with Crippen molar-refractivity contribution in [3.63, 3.8) is 0 Å². The Kier molecular flexibility index (Phi) is 5.77. The average molecular weight is 305 g/mol. The molecule has 2 amide bonds. The minimum atomic E-state index is -0.440. The van der Waals surface area contributed by atoms with Crippen LogP contribution in [0.15, 0.2) is 24.3 Å². The second-order valence-corrected chi connectivity index (χ2v) is 5.25. The molecule has 1 aromatic carbocycles. The predicted molar refractivity (Wildman–Crippen MR) is 83.5 cm³/mol. The molecule has 0 aliphatic carbocycles. The summed E-state index contributed by atoms with van der Waals surface area (Å²) in [4.78, 5) is 26.0. The first kappa shape index (κ1) is 16.3. The lowest BCUT2D eigenvalue weighted by atomic mass is 10.1. The molecule has 6 nitrogen and oxygen atoms in total. The number of hydrogen-bond acceptors (Lipinski definition) is 4. The lowest BCUT2D eigenvalue weighted by Gasteiger charge is -2.35. The third-order valence-corrected chi connectivity index (χ3v) is 3.76. The second-order valence-electron chi connectivity index (χ2n) is 5.25. The van der Waals surface area contributed by atoms with Gasteiger partial charge < -0.3 is 15.4 Å². The molecule has 1 aliphatic heterocycles. The number of para-hydroxylation sites is 1. The van der Waals surface area contributed by atoms with Crippen molar-refractivity contribution in [2.24, 2.45) is 0 Å². The van der Waals surface area contributed by atoms with Crippen LogP contribution in [-0.4, -0.2) is 49.5 Å². The average Bonchev–Trinajstić information content (AvgIpc) is 2.51. The summed E-state index contributed by atoms with van der Waals surface area (Å²) in [5.41, 5.74) is 1.01. The first-order valence-electron chi connectivity index (χ1n) is 7.56. The summed E-state index contributed by atoms with van der Waals surface area (Å²) >= 11 is 0. The maximum absolute atomic E-state index is 12.1. The Labute approximate surface area is 130 Å². The molecule has 0 aromatic heterocycles. The van der Waals surface area contributed by atoms with Crippen molar-refractivity contribution < 1.29 is 14.3 Å². The first-order chi connectivity index (χ1) is 10.7. The van der Waals surface area contributed by atoms with Gasteiger partial charge >= 0.3 is 0 Å². The molecule has 2 rings (SSSR count). The fourth-order valence-corrected chi connectivity index (χ4v) is 2.67. The van der Waals surface area contributed by atoms with Crippen LogP contribution in [0.1, 0.15) is 18.9 Å². The van der Waals surface area contributed by atoms with Gasteiger partial charge in [0.25, 0.3) is 0 Å². The van der Waals surface area contributed by atoms with Crippen LogP contribution in [0.3, 0.4) is 0 Å². The van der Waals surface area contributed by atoms with E-state index in [1.807, 2.05) is 36.1 Å². The van der Waals surface area contributed by atoms with Crippen molar-refractivity contribution in [1.29, 1.82) is 0 Å². The molecule has 0 saturated carbocycles. The largest absolute Gasteiger partial charge is 0.496 e. The number of benzene rings is 1. The Morgan fingerprint density at radius 2 is 2.23 bits per heavy atom. The van der Waals surface area contributed by atoms with E-state index in [0.717, 1.165) is 11.3 Å². The molecule has 22 heavy (non-hydrogen) atoms. The number of piperazine rings is 1. The summed E-state index contributed by atoms with van der Waals surface area (Å²) in [5, 5.41) is 5.58. The van der Waals surface area contributed by atoms with Gasteiger partial charge in [-0.1, -0.05) is 18.2 Å². The van der Waals surface area contributed by atoms with Crippen LogP contribution in [0.2, 0.25) is 0 Å². The molecular formula is C16H23N3O3. The summed E-state index contributed by atoms with van der Waals surface area (Å²) in [6, 6.07) is 7.30. The molecule has 0 unspecified atom stereocenters. The minimum Gasteiger partial charge on any atom is -0.496 e. The van der Waals surface area contributed by atoms with Crippen LogP contribution in [0.4, 0.5) is 0 Å². The quantitative estimate of drug-likeness (QED) is 0.804. The van der Waals surface area contributed by atoms with Crippen molar-refractivity contribution >= 4 is 11.8 Å². The van der Waals surface area contributed by atoms with Gasteiger partial charge in [0.15, 0.2) is 0 Å². The minimum absolute atomic E-state index is 0.0904. The molecule has 0 spiro atoms. The summed E-state index contributed by atoms with van der Waals surface area (Å²) in [6.45, 7) is 4.33. The van der Waals surface area contributed by atoms with Gasteiger partial charge in [-0.3, -0.25) is 14.5 Å². The van der Waals surface area contributed by atoms with E-state index in [-0.39, 0.29) is 18.2 Å². The molecule has 6 heteroatoms. The van der Waals surface area contributed by atoms with Gasteiger partial charge in [0.05, 0.1) is 19.6 Å². The van der Waals surface area contributed by atoms with E-state index in [1.165, 1.54) is 0 Å². The van der Waals surface area contributed by atoms with Crippen LogP contribution in [0.25, 0.3) is 0 Å². The summed E-state index contributed by atoms with van der Waals surface area (Å²) < 4.78 is 5.36. The van der Waals surface area contributed by atoms with Gasteiger partial charge in [-0.05, 0) is 13.0 Å². The maximum atomic E-state index is 12.1. The highest BCUT2D eigenvalue weighted by molar-refractivity contribution is 5.88. The van der Waals surface area contributed by atoms with Crippen molar-refractivity contribution in [3.8, 4) is 5.75 Å². The Morgan fingerprint density at radius 3 is 2.95 bits per heavy atom. The van der Waals surface area contributed by atoms with Gasteiger partial charge in [0.2, 0.25) is 11.8 Å². The molecule has 1 atom stereocenters. The van der Waals surface area contributed by atoms with Crippen LogP contribution >= 0.6 is 0 Å². The van der Waals surface area contributed by atoms with Gasteiger partial charge in [-0.25, -0.2) is 0 Å². The monoisotopic (exact) mass is 305 g/mol. The topological polar surface area (TPSA) is 70.7 Å². The Morgan fingerprint density at radius 1 is 1.45 bits per heavy atom. The number of carbonyl (C=O) groups excluding carboxylic acids is 2. The van der Waals surface area contributed by atoms with Gasteiger partial charge in [0, 0.05) is 31.7 Å². The smallest absolute Gasteiger partial charge is 0.237 e. The number of nitrogens with zero attached hydrogens (tertiary/aromatic N) is 1. The molecule has 1 saturated heterocycles. The molecule has 1 fully saturated rings. The van der Waals surface area contributed by atoms with Crippen LogP contribution in [0, 0.1) is 0 Å². The number of carbonyl (C=O) groups is 2. The van der Waals surface area contributed by atoms with E-state index >= 15 is 0 Å². The van der Waals surface area contributed by atoms with Crippen LogP contribution < -0.4 is 15.4 Å². The highest BCUT2D eigenvalue weighted by Crippen LogP contribution is 2.21. The summed E-state index contributed by atoms with van der Waals surface area (Å²) in [5.74, 6) is 0.604. The molecule has 0 bridgehead atoms.